The summed E-state index contributed by atoms with van der Waals surface area (Å²) >= 11 is 0. The van der Waals surface area contributed by atoms with Crippen molar-refractivity contribution >= 4 is 21.6 Å². The monoisotopic (exact) mass is 395 g/mol. The minimum Gasteiger partial charge on any atom is -0.357 e. The molecule has 2 heterocycles. The summed E-state index contributed by atoms with van der Waals surface area (Å²) in [4.78, 5) is 11.1. The zero-order valence-corrected chi connectivity index (χ0v) is 17.6. The molecule has 2 rings (SSSR count). The van der Waals surface area contributed by atoms with Gasteiger partial charge in [-0.25, -0.2) is 13.4 Å². The van der Waals surface area contributed by atoms with Crippen molar-refractivity contribution in [3.63, 3.8) is 0 Å². The zero-order valence-electron chi connectivity index (χ0n) is 16.7. The number of hydrogen-bond donors (Lipinski definition) is 2. The molecule has 0 spiro atoms. The molecule has 1 aromatic rings. The van der Waals surface area contributed by atoms with Crippen LogP contribution in [0.5, 0.6) is 0 Å². The van der Waals surface area contributed by atoms with E-state index in [9.17, 15) is 8.42 Å². The molecular weight excluding hydrogens is 362 g/mol. The summed E-state index contributed by atoms with van der Waals surface area (Å²) in [6.07, 6.45) is 8.74. The molecule has 1 unspecified atom stereocenters. The number of hydrogen-bond acceptors (Lipinski definition) is 5. The van der Waals surface area contributed by atoms with Gasteiger partial charge in [-0.3, -0.25) is 4.99 Å². The fourth-order valence-corrected chi connectivity index (χ4v) is 3.90. The van der Waals surface area contributed by atoms with Crippen LogP contribution in [0.2, 0.25) is 0 Å². The Bertz CT molecular complexity index is 713. The van der Waals surface area contributed by atoms with E-state index in [0.29, 0.717) is 18.9 Å². The van der Waals surface area contributed by atoms with E-state index in [4.69, 9.17) is 0 Å². The lowest BCUT2D eigenvalue weighted by atomic mass is 10.2. The largest absolute Gasteiger partial charge is 0.357 e. The summed E-state index contributed by atoms with van der Waals surface area (Å²) in [5.41, 5.74) is 1.15. The lowest BCUT2D eigenvalue weighted by Crippen LogP contribution is -2.42. The van der Waals surface area contributed by atoms with Crippen LogP contribution in [0.1, 0.15) is 44.6 Å². The number of sulfone groups is 1. The van der Waals surface area contributed by atoms with E-state index in [0.717, 1.165) is 24.5 Å². The molecule has 1 atom stereocenters. The van der Waals surface area contributed by atoms with Crippen molar-refractivity contribution in [1.29, 1.82) is 0 Å². The normalized spacial score (nSPS) is 17.3. The van der Waals surface area contributed by atoms with Crippen LogP contribution in [0.15, 0.2) is 23.3 Å². The number of aliphatic imine (C=N–C) groups is 1. The zero-order chi connectivity index (χ0) is 19.7. The summed E-state index contributed by atoms with van der Waals surface area (Å²) in [5, 5.41) is 6.54. The van der Waals surface area contributed by atoms with Crippen LogP contribution >= 0.6 is 0 Å². The molecule has 1 aliphatic heterocycles. The van der Waals surface area contributed by atoms with Gasteiger partial charge in [0.15, 0.2) is 5.96 Å². The van der Waals surface area contributed by atoms with E-state index >= 15 is 0 Å². The second-order valence-electron chi connectivity index (χ2n) is 7.31. The maximum absolute atomic E-state index is 11.3. The fourth-order valence-electron chi connectivity index (χ4n) is 3.12. The third kappa shape index (κ3) is 8.15. The van der Waals surface area contributed by atoms with Crippen molar-refractivity contribution in [2.45, 2.75) is 51.6 Å². The van der Waals surface area contributed by atoms with Gasteiger partial charge < -0.3 is 15.5 Å². The highest BCUT2D eigenvalue weighted by Gasteiger charge is 2.12. The van der Waals surface area contributed by atoms with E-state index in [1.54, 1.807) is 7.05 Å². The first-order chi connectivity index (χ1) is 12.9. The van der Waals surface area contributed by atoms with Crippen LogP contribution in [0, 0.1) is 0 Å². The Morgan fingerprint density at radius 1 is 1.30 bits per heavy atom. The summed E-state index contributed by atoms with van der Waals surface area (Å²) in [7, 11) is -1.23. The summed E-state index contributed by atoms with van der Waals surface area (Å²) in [6.45, 7) is 4.75. The van der Waals surface area contributed by atoms with Crippen LogP contribution < -0.4 is 15.5 Å². The summed E-state index contributed by atoms with van der Waals surface area (Å²) < 4.78 is 22.6. The van der Waals surface area contributed by atoms with Crippen molar-refractivity contribution < 1.29 is 8.42 Å². The molecule has 1 aliphatic rings. The molecular formula is C19H33N5O2S. The number of anilines is 1. The van der Waals surface area contributed by atoms with E-state index in [2.05, 4.69) is 31.6 Å². The number of nitrogens with zero attached hydrogens (tertiary/aromatic N) is 3. The highest BCUT2D eigenvalue weighted by Crippen LogP contribution is 2.18. The first-order valence-electron chi connectivity index (χ1n) is 9.72. The SMILES string of the molecule is CN=C(NCc1ccnc(N2CCCCCC2)c1)NC(C)CCS(C)(=O)=O. The number of pyridine rings is 1. The summed E-state index contributed by atoms with van der Waals surface area (Å²) in [5.74, 6) is 1.88. The third-order valence-electron chi connectivity index (χ3n) is 4.73. The van der Waals surface area contributed by atoms with Crippen LogP contribution in [0.4, 0.5) is 5.82 Å². The molecule has 1 aromatic heterocycles. The maximum atomic E-state index is 11.3. The second kappa shape index (κ2) is 10.5. The molecule has 0 aliphatic carbocycles. The lowest BCUT2D eigenvalue weighted by Gasteiger charge is -2.22. The minimum absolute atomic E-state index is 0.0241. The van der Waals surface area contributed by atoms with Crippen LogP contribution in [-0.2, 0) is 16.4 Å². The van der Waals surface area contributed by atoms with Crippen molar-refractivity contribution in [2.75, 3.05) is 37.0 Å². The Morgan fingerprint density at radius 3 is 2.63 bits per heavy atom. The second-order valence-corrected chi connectivity index (χ2v) is 9.57. The van der Waals surface area contributed by atoms with Crippen LogP contribution in [0.3, 0.4) is 0 Å². The van der Waals surface area contributed by atoms with Gasteiger partial charge in [-0.2, -0.15) is 0 Å². The average Bonchev–Trinajstić information content (AvgIpc) is 2.92. The predicted molar refractivity (Wildman–Crippen MR) is 112 cm³/mol. The Kier molecular flexibility index (Phi) is 8.34. The molecule has 0 amide bonds. The van der Waals surface area contributed by atoms with Crippen LogP contribution in [-0.4, -0.2) is 57.5 Å². The number of nitrogens with one attached hydrogen (secondary N) is 2. The van der Waals surface area contributed by atoms with E-state index < -0.39 is 9.84 Å². The van der Waals surface area contributed by atoms with E-state index in [-0.39, 0.29) is 11.8 Å². The quantitative estimate of drug-likeness (QED) is 0.542. The number of aromatic nitrogens is 1. The van der Waals surface area contributed by atoms with Crippen molar-refractivity contribution in [3.8, 4) is 0 Å². The van der Waals surface area contributed by atoms with Gasteiger partial charge >= 0.3 is 0 Å². The maximum Gasteiger partial charge on any atom is 0.191 e. The number of guanidine groups is 1. The third-order valence-corrected chi connectivity index (χ3v) is 5.71. The molecule has 8 heteroatoms. The van der Waals surface area contributed by atoms with E-state index in [1.807, 2.05) is 19.2 Å². The van der Waals surface area contributed by atoms with Gasteiger partial charge in [0.05, 0.1) is 5.75 Å². The van der Waals surface area contributed by atoms with Gasteiger partial charge in [0, 0.05) is 45.2 Å². The van der Waals surface area contributed by atoms with Crippen molar-refractivity contribution in [1.82, 2.24) is 15.6 Å². The standard InChI is InChI=1S/C19H33N5O2S/c1-16(9-13-27(3,25)26)23-19(20-2)22-15-17-8-10-21-18(14-17)24-11-6-4-5-7-12-24/h8,10,14,16H,4-7,9,11-13,15H2,1-3H3,(H2,20,22,23). The lowest BCUT2D eigenvalue weighted by molar-refractivity contribution is 0.581. The molecule has 1 fully saturated rings. The Morgan fingerprint density at radius 2 is 2.00 bits per heavy atom. The van der Waals surface area contributed by atoms with E-state index in [1.165, 1.54) is 31.9 Å². The summed E-state index contributed by atoms with van der Waals surface area (Å²) in [6, 6.07) is 4.17. The highest BCUT2D eigenvalue weighted by atomic mass is 32.2. The van der Waals surface area contributed by atoms with Crippen LogP contribution in [0.25, 0.3) is 0 Å². The smallest absolute Gasteiger partial charge is 0.191 e. The Labute approximate surface area is 163 Å². The molecule has 0 saturated carbocycles. The Balaban J connectivity index is 1.87. The molecule has 0 aromatic carbocycles. The van der Waals surface area contributed by atoms with Gasteiger partial charge in [0.1, 0.15) is 15.7 Å². The minimum atomic E-state index is -2.95. The molecule has 152 valence electrons. The van der Waals surface area contributed by atoms with Gasteiger partial charge in [-0.05, 0) is 43.9 Å². The highest BCUT2D eigenvalue weighted by molar-refractivity contribution is 7.90. The first-order valence-corrected chi connectivity index (χ1v) is 11.8. The predicted octanol–water partition coefficient (Wildman–Crippen LogP) is 1.95. The van der Waals surface area contributed by atoms with Crippen molar-refractivity contribution in [2.24, 2.45) is 4.99 Å². The average molecular weight is 396 g/mol. The Hall–Kier alpha value is -1.83. The van der Waals surface area contributed by atoms with Gasteiger partial charge in [0.2, 0.25) is 0 Å². The topological polar surface area (TPSA) is 86.7 Å². The molecule has 0 bridgehead atoms. The molecule has 27 heavy (non-hydrogen) atoms. The molecule has 2 N–H and O–H groups in total. The van der Waals surface area contributed by atoms with Crippen molar-refractivity contribution in [3.05, 3.63) is 23.9 Å². The fraction of sp³-hybridized carbons (Fsp3) is 0.684. The van der Waals surface area contributed by atoms with Gasteiger partial charge in [0.25, 0.3) is 0 Å². The number of rotatable bonds is 7. The first kappa shape index (κ1) is 21.5. The molecule has 1 saturated heterocycles. The van der Waals surface area contributed by atoms with Gasteiger partial charge in [-0.1, -0.05) is 12.8 Å². The molecule has 7 nitrogen and oxygen atoms in total. The van der Waals surface area contributed by atoms with Gasteiger partial charge in [-0.15, -0.1) is 0 Å². The molecule has 0 radical (unpaired) electrons.